The maximum absolute atomic E-state index is 12.5. The first kappa shape index (κ1) is 18.7. The Labute approximate surface area is 158 Å². The highest BCUT2D eigenvalue weighted by atomic mass is 35.5. The molecule has 3 rings (SSSR count). The van der Waals surface area contributed by atoms with Gasteiger partial charge in [0.05, 0.1) is 10.6 Å². The highest BCUT2D eigenvalue weighted by molar-refractivity contribution is 6.33. The van der Waals surface area contributed by atoms with E-state index in [1.54, 1.807) is 11.0 Å². The van der Waals surface area contributed by atoms with Gasteiger partial charge in [0.15, 0.2) is 0 Å². The van der Waals surface area contributed by atoms with E-state index in [9.17, 15) is 4.79 Å². The van der Waals surface area contributed by atoms with Crippen LogP contribution in [0.1, 0.15) is 45.9 Å². The lowest BCUT2D eigenvalue weighted by atomic mass is 10.00. The molecule has 26 heavy (non-hydrogen) atoms. The molecule has 6 nitrogen and oxygen atoms in total. The zero-order chi connectivity index (χ0) is 18.7. The third kappa shape index (κ3) is 4.55. The lowest BCUT2D eigenvalue weighted by Crippen LogP contribution is -2.47. The van der Waals surface area contributed by atoms with Gasteiger partial charge in [-0.05, 0) is 52.2 Å². The van der Waals surface area contributed by atoms with E-state index in [0.717, 1.165) is 19.3 Å². The van der Waals surface area contributed by atoms with E-state index in [0.29, 0.717) is 35.3 Å². The summed E-state index contributed by atoms with van der Waals surface area (Å²) in [6.45, 7) is 6.30. The second-order valence-electron chi connectivity index (χ2n) is 7.51. The molecule has 1 aromatic heterocycles. The van der Waals surface area contributed by atoms with Crippen LogP contribution in [0.4, 0.5) is 4.79 Å². The molecule has 0 radical (unpaired) electrons. The Morgan fingerprint density at radius 1 is 1.31 bits per heavy atom. The maximum Gasteiger partial charge on any atom is 0.410 e. The van der Waals surface area contributed by atoms with Gasteiger partial charge >= 0.3 is 6.09 Å². The average Bonchev–Trinajstić information content (AvgIpc) is 3.02. The van der Waals surface area contributed by atoms with E-state index in [1.807, 2.05) is 39.0 Å². The zero-order valence-electron chi connectivity index (χ0n) is 15.4. The molecule has 0 aliphatic carbocycles. The van der Waals surface area contributed by atoms with E-state index < -0.39 is 5.60 Å². The van der Waals surface area contributed by atoms with Gasteiger partial charge in [-0.1, -0.05) is 23.7 Å². The molecule has 140 valence electrons. The summed E-state index contributed by atoms with van der Waals surface area (Å²) in [6, 6.07) is 7.35. The molecule has 2 aromatic rings. The van der Waals surface area contributed by atoms with Gasteiger partial charge in [0.2, 0.25) is 11.8 Å². The fourth-order valence-corrected chi connectivity index (χ4v) is 3.27. The van der Waals surface area contributed by atoms with Crippen molar-refractivity contribution in [2.75, 3.05) is 6.54 Å². The summed E-state index contributed by atoms with van der Waals surface area (Å²) in [7, 11) is 0. The van der Waals surface area contributed by atoms with E-state index in [2.05, 4.69) is 10.2 Å². The predicted molar refractivity (Wildman–Crippen MR) is 99.0 cm³/mol. The van der Waals surface area contributed by atoms with Crippen LogP contribution >= 0.6 is 11.6 Å². The number of piperidine rings is 1. The molecule has 0 saturated carbocycles. The van der Waals surface area contributed by atoms with Crippen LogP contribution in [-0.4, -0.2) is 39.4 Å². The van der Waals surface area contributed by atoms with Crippen molar-refractivity contribution in [3.05, 3.63) is 35.2 Å². The Balaban J connectivity index is 1.73. The average molecular weight is 378 g/mol. The molecule has 7 heteroatoms. The minimum absolute atomic E-state index is 0.00172. The topological polar surface area (TPSA) is 68.5 Å². The summed E-state index contributed by atoms with van der Waals surface area (Å²) in [5.41, 5.74) is 0.196. The first-order valence-electron chi connectivity index (χ1n) is 8.90. The molecular formula is C19H24ClN3O3. The molecule has 0 bridgehead atoms. The van der Waals surface area contributed by atoms with Crippen LogP contribution < -0.4 is 0 Å². The fraction of sp³-hybridized carbons (Fsp3) is 0.526. The zero-order valence-corrected chi connectivity index (χ0v) is 16.1. The summed E-state index contributed by atoms with van der Waals surface area (Å²) < 4.78 is 11.3. The van der Waals surface area contributed by atoms with Crippen molar-refractivity contribution in [2.24, 2.45) is 0 Å². The fourth-order valence-electron chi connectivity index (χ4n) is 3.05. The largest absolute Gasteiger partial charge is 0.444 e. The molecule has 2 heterocycles. The Kier molecular flexibility index (Phi) is 5.51. The standard InChI is InChI=1S/C19H24ClN3O3/c1-19(2,3)26-18(24)23-11-7-6-8-13(23)12-16-21-22-17(25-16)14-9-4-5-10-15(14)20/h4-5,9-10,13H,6-8,11-12H2,1-3H3. The summed E-state index contributed by atoms with van der Waals surface area (Å²) >= 11 is 6.19. The number of hydrogen-bond donors (Lipinski definition) is 0. The molecule has 1 atom stereocenters. The summed E-state index contributed by atoms with van der Waals surface area (Å²) in [5.74, 6) is 0.894. The molecule has 0 N–H and O–H groups in total. The number of likely N-dealkylation sites (tertiary alicyclic amines) is 1. The van der Waals surface area contributed by atoms with Gasteiger partial charge in [0.25, 0.3) is 0 Å². The molecular weight excluding hydrogens is 354 g/mol. The molecule has 1 aromatic carbocycles. The number of hydrogen-bond acceptors (Lipinski definition) is 5. The van der Waals surface area contributed by atoms with E-state index in [4.69, 9.17) is 20.8 Å². The van der Waals surface area contributed by atoms with Gasteiger partial charge in [0, 0.05) is 19.0 Å². The quantitative estimate of drug-likeness (QED) is 0.773. The van der Waals surface area contributed by atoms with Crippen molar-refractivity contribution in [1.29, 1.82) is 0 Å². The SMILES string of the molecule is CC(C)(C)OC(=O)N1CCCCC1Cc1nnc(-c2ccccc2Cl)o1. The van der Waals surface area contributed by atoms with Crippen LogP contribution in [0.5, 0.6) is 0 Å². The number of halogens is 1. The number of aromatic nitrogens is 2. The van der Waals surface area contributed by atoms with E-state index in [1.165, 1.54) is 0 Å². The monoisotopic (exact) mass is 377 g/mol. The Morgan fingerprint density at radius 3 is 2.81 bits per heavy atom. The van der Waals surface area contributed by atoms with Gasteiger partial charge < -0.3 is 14.1 Å². The minimum atomic E-state index is -0.513. The van der Waals surface area contributed by atoms with Crippen LogP contribution in [-0.2, 0) is 11.2 Å². The van der Waals surface area contributed by atoms with Gasteiger partial charge in [0.1, 0.15) is 5.60 Å². The number of ether oxygens (including phenoxy) is 1. The normalized spacial score (nSPS) is 18.0. The van der Waals surface area contributed by atoms with Gasteiger partial charge in [-0.2, -0.15) is 0 Å². The van der Waals surface area contributed by atoms with Crippen molar-refractivity contribution in [3.8, 4) is 11.5 Å². The summed E-state index contributed by atoms with van der Waals surface area (Å²) in [5, 5.41) is 8.81. The van der Waals surface area contributed by atoms with Crippen LogP contribution in [0, 0.1) is 0 Å². The minimum Gasteiger partial charge on any atom is -0.444 e. The highest BCUT2D eigenvalue weighted by Crippen LogP contribution is 2.28. The molecule has 1 aliphatic heterocycles. The van der Waals surface area contributed by atoms with Crippen LogP contribution in [0.25, 0.3) is 11.5 Å². The van der Waals surface area contributed by atoms with Crippen molar-refractivity contribution >= 4 is 17.7 Å². The third-order valence-corrected chi connectivity index (χ3v) is 4.57. The number of carbonyl (C=O) groups is 1. The van der Waals surface area contributed by atoms with Gasteiger partial charge in [-0.25, -0.2) is 4.79 Å². The number of benzene rings is 1. The van der Waals surface area contributed by atoms with E-state index in [-0.39, 0.29) is 12.1 Å². The third-order valence-electron chi connectivity index (χ3n) is 4.24. The second-order valence-corrected chi connectivity index (χ2v) is 7.92. The first-order valence-corrected chi connectivity index (χ1v) is 9.28. The van der Waals surface area contributed by atoms with Crippen LogP contribution in [0.2, 0.25) is 5.02 Å². The Morgan fingerprint density at radius 2 is 2.08 bits per heavy atom. The summed E-state index contributed by atoms with van der Waals surface area (Å²) in [4.78, 5) is 14.3. The summed E-state index contributed by atoms with van der Waals surface area (Å²) in [6.07, 6.45) is 3.16. The van der Waals surface area contributed by atoms with Crippen molar-refractivity contribution < 1.29 is 13.9 Å². The molecule has 1 amide bonds. The molecule has 0 spiro atoms. The van der Waals surface area contributed by atoms with E-state index >= 15 is 0 Å². The Bertz CT molecular complexity index is 769. The second kappa shape index (κ2) is 7.66. The van der Waals surface area contributed by atoms with Gasteiger partial charge in [-0.3, -0.25) is 0 Å². The molecule has 1 unspecified atom stereocenters. The predicted octanol–water partition coefficient (Wildman–Crippen LogP) is 4.72. The highest BCUT2D eigenvalue weighted by Gasteiger charge is 2.31. The number of nitrogens with zero attached hydrogens (tertiary/aromatic N) is 3. The molecule has 1 saturated heterocycles. The molecule has 1 aliphatic rings. The Hall–Kier alpha value is -2.08. The van der Waals surface area contributed by atoms with Crippen molar-refractivity contribution in [2.45, 2.75) is 58.1 Å². The van der Waals surface area contributed by atoms with Gasteiger partial charge in [-0.15, -0.1) is 10.2 Å². The number of amides is 1. The smallest absolute Gasteiger partial charge is 0.410 e. The number of carbonyl (C=O) groups excluding carboxylic acids is 1. The lowest BCUT2D eigenvalue weighted by molar-refractivity contribution is 0.00932. The van der Waals surface area contributed by atoms with Crippen molar-refractivity contribution in [3.63, 3.8) is 0 Å². The number of rotatable bonds is 3. The lowest BCUT2D eigenvalue weighted by Gasteiger charge is -2.36. The molecule has 1 fully saturated rings. The van der Waals surface area contributed by atoms with Crippen LogP contribution in [0.3, 0.4) is 0 Å². The van der Waals surface area contributed by atoms with Crippen molar-refractivity contribution in [1.82, 2.24) is 15.1 Å². The van der Waals surface area contributed by atoms with Crippen LogP contribution in [0.15, 0.2) is 28.7 Å². The maximum atomic E-state index is 12.5. The first-order chi connectivity index (χ1) is 12.3.